The molecule has 0 saturated carbocycles. The average Bonchev–Trinajstić information content (AvgIpc) is 2.10. The van der Waals surface area contributed by atoms with Gasteiger partial charge in [0.05, 0.1) is 4.90 Å². The number of thioether (sulfide) groups is 1. The highest BCUT2D eigenvalue weighted by Gasteiger charge is 2.12. The molecule has 14 heavy (non-hydrogen) atoms. The molecule has 0 aliphatic heterocycles. The molecule has 0 bridgehead atoms. The van der Waals surface area contributed by atoms with Gasteiger partial charge < -0.3 is 5.11 Å². The average molecular weight is 214 g/mol. The Bertz CT molecular complexity index is 363. The van der Waals surface area contributed by atoms with Crippen LogP contribution in [-0.2, 0) is 11.2 Å². The first kappa shape index (κ1) is 11.0. The Labute approximate surface area is 86.1 Å². The Balaban J connectivity index is 3.14. The van der Waals surface area contributed by atoms with Gasteiger partial charge in [-0.15, -0.1) is 11.8 Å². The number of phenolic OH excluding ortho intramolecular Hbond substituents is 1. The lowest BCUT2D eigenvalue weighted by atomic mass is 10.1. The van der Waals surface area contributed by atoms with Crippen molar-refractivity contribution in [1.29, 1.82) is 0 Å². The van der Waals surface area contributed by atoms with E-state index >= 15 is 0 Å². The minimum absolute atomic E-state index is 0.0691. The molecule has 1 aromatic rings. The zero-order valence-electron chi connectivity index (χ0n) is 8.00. The van der Waals surface area contributed by atoms with Gasteiger partial charge in [-0.25, -0.2) is 4.39 Å². The molecule has 1 N–H and O–H groups in total. The van der Waals surface area contributed by atoms with E-state index in [1.807, 2.05) is 0 Å². The van der Waals surface area contributed by atoms with Crippen molar-refractivity contribution in [2.24, 2.45) is 0 Å². The molecule has 76 valence electrons. The fourth-order valence-corrected chi connectivity index (χ4v) is 1.77. The lowest BCUT2D eigenvalue weighted by molar-refractivity contribution is -0.116. The topological polar surface area (TPSA) is 37.3 Å². The van der Waals surface area contributed by atoms with Crippen molar-refractivity contribution in [3.8, 4) is 5.75 Å². The molecule has 1 rings (SSSR count). The van der Waals surface area contributed by atoms with Crippen LogP contribution in [-0.4, -0.2) is 17.1 Å². The summed E-state index contributed by atoms with van der Waals surface area (Å²) in [5.74, 6) is -0.670. The van der Waals surface area contributed by atoms with Crippen LogP contribution in [0.5, 0.6) is 5.75 Å². The third-order valence-electron chi connectivity index (χ3n) is 1.80. The predicted octanol–water partition coefficient (Wildman–Crippen LogP) is 2.38. The van der Waals surface area contributed by atoms with Gasteiger partial charge >= 0.3 is 0 Å². The fraction of sp³-hybridized carbons (Fsp3) is 0.300. The van der Waals surface area contributed by atoms with Crippen LogP contribution in [0.4, 0.5) is 4.39 Å². The molecular weight excluding hydrogens is 203 g/mol. The van der Waals surface area contributed by atoms with Crippen LogP contribution in [0.15, 0.2) is 17.0 Å². The summed E-state index contributed by atoms with van der Waals surface area (Å²) in [5, 5.41) is 9.30. The number of benzene rings is 1. The number of Topliss-reactive ketones (excluding diaryl/α,β-unsaturated/α-hetero) is 1. The molecule has 0 heterocycles. The zero-order valence-corrected chi connectivity index (χ0v) is 8.82. The molecule has 2 nitrogen and oxygen atoms in total. The molecule has 0 aliphatic rings. The van der Waals surface area contributed by atoms with Gasteiger partial charge in [0.2, 0.25) is 0 Å². The third-order valence-corrected chi connectivity index (χ3v) is 2.60. The van der Waals surface area contributed by atoms with Gasteiger partial charge in [-0.1, -0.05) is 6.07 Å². The van der Waals surface area contributed by atoms with E-state index < -0.39 is 5.82 Å². The van der Waals surface area contributed by atoms with E-state index in [0.717, 1.165) is 11.8 Å². The second-order valence-corrected chi connectivity index (χ2v) is 3.79. The first-order valence-electron chi connectivity index (χ1n) is 4.10. The van der Waals surface area contributed by atoms with Gasteiger partial charge in [-0.3, -0.25) is 4.79 Å². The summed E-state index contributed by atoms with van der Waals surface area (Å²) in [6.07, 6.45) is 1.75. The molecule has 0 aliphatic carbocycles. The van der Waals surface area contributed by atoms with Crippen molar-refractivity contribution in [1.82, 2.24) is 0 Å². The lowest BCUT2D eigenvalue weighted by Gasteiger charge is -2.06. The number of aromatic hydroxyl groups is 1. The SMILES string of the molecule is CSc1c(O)ccc(CC(C)=O)c1F. The molecule has 4 heteroatoms. The number of rotatable bonds is 3. The van der Waals surface area contributed by atoms with Crippen LogP contribution in [0.25, 0.3) is 0 Å². The predicted molar refractivity (Wildman–Crippen MR) is 54.2 cm³/mol. The van der Waals surface area contributed by atoms with E-state index in [2.05, 4.69) is 0 Å². The second kappa shape index (κ2) is 4.46. The van der Waals surface area contributed by atoms with Crippen LogP contribution in [0, 0.1) is 5.82 Å². The summed E-state index contributed by atoms with van der Waals surface area (Å²) in [7, 11) is 0. The van der Waals surface area contributed by atoms with Crippen LogP contribution in [0.1, 0.15) is 12.5 Å². The van der Waals surface area contributed by atoms with Crippen molar-refractivity contribution in [3.05, 3.63) is 23.5 Å². The summed E-state index contributed by atoms with van der Waals surface area (Å²) in [6.45, 7) is 1.41. The molecule has 0 amide bonds. The number of hydrogen-bond acceptors (Lipinski definition) is 3. The number of hydrogen-bond donors (Lipinski definition) is 1. The smallest absolute Gasteiger partial charge is 0.144 e. The van der Waals surface area contributed by atoms with Crippen molar-refractivity contribution >= 4 is 17.5 Å². The van der Waals surface area contributed by atoms with E-state index in [1.54, 1.807) is 6.26 Å². The molecular formula is C10H11FO2S. The minimum atomic E-state index is -0.493. The second-order valence-electron chi connectivity index (χ2n) is 2.97. The van der Waals surface area contributed by atoms with Crippen molar-refractivity contribution < 1.29 is 14.3 Å². The summed E-state index contributed by atoms with van der Waals surface area (Å²) in [6, 6.07) is 2.85. The quantitative estimate of drug-likeness (QED) is 0.785. The minimum Gasteiger partial charge on any atom is -0.507 e. The molecule has 0 aromatic heterocycles. The summed E-state index contributed by atoms with van der Waals surface area (Å²) < 4.78 is 13.6. The number of halogens is 1. The zero-order chi connectivity index (χ0) is 10.7. The maximum absolute atomic E-state index is 13.6. The largest absolute Gasteiger partial charge is 0.507 e. The van der Waals surface area contributed by atoms with Gasteiger partial charge in [-0.2, -0.15) is 0 Å². The van der Waals surface area contributed by atoms with Gasteiger partial charge in [0.1, 0.15) is 17.3 Å². The number of phenols is 1. The molecule has 0 spiro atoms. The van der Waals surface area contributed by atoms with E-state index in [0.29, 0.717) is 5.56 Å². The van der Waals surface area contributed by atoms with Gasteiger partial charge in [0, 0.05) is 6.42 Å². The number of ketones is 1. The first-order valence-corrected chi connectivity index (χ1v) is 5.32. The Hall–Kier alpha value is -1.03. The molecule has 1 aromatic carbocycles. The normalized spacial score (nSPS) is 10.2. The highest BCUT2D eigenvalue weighted by Crippen LogP contribution is 2.31. The lowest BCUT2D eigenvalue weighted by Crippen LogP contribution is -2.00. The van der Waals surface area contributed by atoms with E-state index in [1.165, 1.54) is 19.1 Å². The van der Waals surface area contributed by atoms with Gasteiger partial charge in [-0.05, 0) is 24.8 Å². The van der Waals surface area contributed by atoms with E-state index in [4.69, 9.17) is 0 Å². The monoisotopic (exact) mass is 214 g/mol. The first-order chi connectivity index (χ1) is 6.56. The van der Waals surface area contributed by atoms with Gasteiger partial charge in [0.15, 0.2) is 0 Å². The molecule has 0 unspecified atom stereocenters. The maximum Gasteiger partial charge on any atom is 0.144 e. The van der Waals surface area contributed by atoms with Crippen LogP contribution >= 0.6 is 11.8 Å². The van der Waals surface area contributed by atoms with Crippen molar-refractivity contribution in [2.45, 2.75) is 18.2 Å². The fourth-order valence-electron chi connectivity index (χ4n) is 1.19. The Morgan fingerprint density at radius 1 is 1.57 bits per heavy atom. The molecule has 0 atom stereocenters. The van der Waals surface area contributed by atoms with Crippen molar-refractivity contribution in [3.63, 3.8) is 0 Å². The Morgan fingerprint density at radius 3 is 2.71 bits per heavy atom. The highest BCUT2D eigenvalue weighted by molar-refractivity contribution is 7.98. The third kappa shape index (κ3) is 2.26. The summed E-state index contributed by atoms with van der Waals surface area (Å²) in [4.78, 5) is 11.0. The molecule has 0 fully saturated rings. The van der Waals surface area contributed by atoms with Crippen LogP contribution in [0.3, 0.4) is 0 Å². The van der Waals surface area contributed by atoms with Crippen LogP contribution in [0.2, 0.25) is 0 Å². The summed E-state index contributed by atoms with van der Waals surface area (Å²) in [5.41, 5.74) is 0.333. The van der Waals surface area contributed by atoms with Gasteiger partial charge in [0.25, 0.3) is 0 Å². The van der Waals surface area contributed by atoms with E-state index in [9.17, 15) is 14.3 Å². The number of carbonyl (C=O) groups excluding carboxylic acids is 1. The van der Waals surface area contributed by atoms with Crippen LogP contribution < -0.4 is 0 Å². The Kier molecular flexibility index (Phi) is 3.52. The molecule has 0 radical (unpaired) electrons. The summed E-state index contributed by atoms with van der Waals surface area (Å²) >= 11 is 1.13. The Morgan fingerprint density at radius 2 is 2.21 bits per heavy atom. The standard InChI is InChI=1S/C10H11FO2S/c1-6(12)5-7-3-4-8(13)10(14-2)9(7)11/h3-4,13H,5H2,1-2H3. The highest BCUT2D eigenvalue weighted by atomic mass is 32.2. The number of carbonyl (C=O) groups is 1. The van der Waals surface area contributed by atoms with Crippen molar-refractivity contribution in [2.75, 3.05) is 6.26 Å². The maximum atomic E-state index is 13.6. The van der Waals surface area contributed by atoms with E-state index in [-0.39, 0.29) is 22.8 Å². The molecule has 0 saturated heterocycles.